The number of aromatic nitrogens is 2. The van der Waals surface area contributed by atoms with Crippen molar-refractivity contribution in [2.75, 3.05) is 12.1 Å². The molecule has 0 amide bonds. The van der Waals surface area contributed by atoms with Gasteiger partial charge < -0.3 is 10.5 Å². The maximum Gasteiger partial charge on any atom is 0.139 e. The number of rotatable bonds is 5. The lowest BCUT2D eigenvalue weighted by molar-refractivity contribution is 0.413. The average Bonchev–Trinajstić information content (AvgIpc) is 2.94. The van der Waals surface area contributed by atoms with Crippen molar-refractivity contribution >= 4 is 34.2 Å². The quantitative estimate of drug-likeness (QED) is 0.307. The van der Waals surface area contributed by atoms with E-state index < -0.39 is 6.17 Å². The van der Waals surface area contributed by atoms with Gasteiger partial charge in [0, 0.05) is 38.7 Å². The van der Waals surface area contributed by atoms with Gasteiger partial charge in [0.1, 0.15) is 23.2 Å². The minimum Gasteiger partial charge on any atom is -0.495 e. The van der Waals surface area contributed by atoms with E-state index in [1.807, 2.05) is 65.7 Å². The molecular weight excluding hydrogens is 485 g/mol. The lowest BCUT2D eigenvalue weighted by atomic mass is 9.94. The number of anilines is 1. The first-order chi connectivity index (χ1) is 18.1. The highest BCUT2D eigenvalue weighted by Crippen LogP contribution is 2.36. The van der Waals surface area contributed by atoms with E-state index >= 15 is 0 Å². The minimum absolute atomic E-state index is 0.286. The van der Waals surface area contributed by atoms with Gasteiger partial charge in [-0.05, 0) is 54.6 Å². The second kappa shape index (κ2) is 9.65. The fraction of sp³-hybridized carbons (Fsp3) is 0.0690. The second-order valence-corrected chi connectivity index (χ2v) is 9.60. The third kappa shape index (κ3) is 4.41. The number of halogens is 1. The third-order valence-corrected chi connectivity index (χ3v) is 7.26. The number of nitrogens with two attached hydrogens (primary N) is 1. The molecule has 3 heterocycles. The van der Waals surface area contributed by atoms with Gasteiger partial charge in [-0.1, -0.05) is 36.0 Å². The van der Waals surface area contributed by atoms with Crippen LogP contribution in [-0.2, 0) is 0 Å². The van der Waals surface area contributed by atoms with Gasteiger partial charge in [-0.2, -0.15) is 5.10 Å². The van der Waals surface area contributed by atoms with E-state index in [0.717, 1.165) is 48.9 Å². The van der Waals surface area contributed by atoms with Crippen molar-refractivity contribution in [1.82, 2.24) is 9.97 Å². The summed E-state index contributed by atoms with van der Waals surface area (Å²) in [6.07, 6.45) is 3.02. The number of hydrazone groups is 1. The molecule has 37 heavy (non-hydrogen) atoms. The lowest BCUT2D eigenvalue weighted by Gasteiger charge is -2.33. The first kappa shape index (κ1) is 23.1. The summed E-state index contributed by atoms with van der Waals surface area (Å²) in [6, 6.07) is 26.2. The molecule has 1 atom stereocenters. The van der Waals surface area contributed by atoms with Gasteiger partial charge in [0.2, 0.25) is 0 Å². The van der Waals surface area contributed by atoms with Gasteiger partial charge in [0.05, 0.1) is 30.2 Å². The van der Waals surface area contributed by atoms with Crippen LogP contribution in [-0.4, -0.2) is 22.8 Å². The van der Waals surface area contributed by atoms with Crippen LogP contribution in [0.15, 0.2) is 112 Å². The molecule has 3 aromatic carbocycles. The normalized spacial score (nSPS) is 14.8. The minimum atomic E-state index is -0.456. The summed E-state index contributed by atoms with van der Waals surface area (Å²) in [4.78, 5) is 11.0. The molecule has 5 aromatic rings. The number of benzene rings is 3. The highest BCUT2D eigenvalue weighted by atomic mass is 32.2. The highest BCUT2D eigenvalue weighted by Gasteiger charge is 2.27. The van der Waals surface area contributed by atoms with E-state index in [9.17, 15) is 4.39 Å². The molecule has 0 bridgehead atoms. The largest absolute Gasteiger partial charge is 0.495 e. The molecule has 0 aliphatic carbocycles. The molecule has 0 fully saturated rings. The van der Waals surface area contributed by atoms with Gasteiger partial charge >= 0.3 is 0 Å². The van der Waals surface area contributed by atoms with Gasteiger partial charge in [0.15, 0.2) is 0 Å². The zero-order valence-corrected chi connectivity index (χ0v) is 20.7. The molecule has 6 rings (SSSR count). The van der Waals surface area contributed by atoms with E-state index in [1.54, 1.807) is 43.4 Å². The summed E-state index contributed by atoms with van der Waals surface area (Å²) in [5.41, 5.74) is 12.6. The fourth-order valence-corrected chi connectivity index (χ4v) is 5.25. The van der Waals surface area contributed by atoms with Crippen LogP contribution in [0.3, 0.4) is 0 Å². The van der Waals surface area contributed by atoms with Crippen molar-refractivity contribution < 1.29 is 9.13 Å². The Morgan fingerprint density at radius 1 is 0.946 bits per heavy atom. The molecule has 8 heteroatoms. The fourth-order valence-electron chi connectivity index (χ4n) is 4.34. The zero-order valence-electron chi connectivity index (χ0n) is 19.9. The Morgan fingerprint density at radius 3 is 2.51 bits per heavy atom. The van der Waals surface area contributed by atoms with Crippen molar-refractivity contribution in [3.8, 4) is 5.75 Å². The van der Waals surface area contributed by atoms with Crippen LogP contribution < -0.4 is 15.5 Å². The Bertz CT molecular complexity index is 1620. The van der Waals surface area contributed by atoms with Gasteiger partial charge in [-0.25, -0.2) is 14.4 Å². The van der Waals surface area contributed by atoms with Crippen LogP contribution in [0, 0.1) is 5.82 Å². The molecule has 1 aliphatic rings. The maximum absolute atomic E-state index is 13.6. The Kier molecular flexibility index (Phi) is 6.04. The first-order valence-electron chi connectivity index (χ1n) is 11.7. The molecule has 6 nitrogen and oxygen atoms in total. The second-order valence-electron chi connectivity index (χ2n) is 8.48. The summed E-state index contributed by atoms with van der Waals surface area (Å²) in [6.45, 7) is 0. The van der Waals surface area contributed by atoms with E-state index in [2.05, 4.69) is 9.97 Å². The number of methoxy groups -OCH3 is 1. The summed E-state index contributed by atoms with van der Waals surface area (Å²) >= 11 is 1.61. The first-order valence-corrected chi connectivity index (χ1v) is 12.5. The smallest absolute Gasteiger partial charge is 0.139 e. The Labute approximate surface area is 217 Å². The van der Waals surface area contributed by atoms with Crippen LogP contribution in [0.25, 0.3) is 11.0 Å². The van der Waals surface area contributed by atoms with Gasteiger partial charge in [-0.3, -0.25) is 4.98 Å². The van der Waals surface area contributed by atoms with Crippen LogP contribution in [0.4, 0.5) is 10.1 Å². The molecule has 1 aliphatic heterocycles. The molecule has 182 valence electrons. The van der Waals surface area contributed by atoms with E-state index in [0.29, 0.717) is 5.75 Å². The van der Waals surface area contributed by atoms with Crippen LogP contribution in [0.2, 0.25) is 0 Å². The molecular formula is C29H22FN5OS. The highest BCUT2D eigenvalue weighted by molar-refractivity contribution is 7.99. The summed E-state index contributed by atoms with van der Waals surface area (Å²) in [5.74, 6) is 0.387. The summed E-state index contributed by atoms with van der Waals surface area (Å²) in [5, 5.41) is 6.72. The number of pyridine rings is 2. The standard InChI is InChI=1S/C29H22FN5OS/c1-36-21-16-25-28(33-17-21)26(14-15-32-25)37-22-12-10-20(11-13-22)35-29(31)24-5-3-2-4-23(24)27(34-35)18-6-8-19(30)9-7-18/h2-17,29H,31H2,1H3. The third-order valence-electron chi connectivity index (χ3n) is 6.20. The average molecular weight is 508 g/mol. The van der Waals surface area contributed by atoms with Crippen molar-refractivity contribution in [3.63, 3.8) is 0 Å². The number of nitrogens with zero attached hydrogens (tertiary/aromatic N) is 4. The van der Waals surface area contributed by atoms with Crippen molar-refractivity contribution in [2.45, 2.75) is 16.0 Å². The maximum atomic E-state index is 13.6. The lowest BCUT2D eigenvalue weighted by Crippen LogP contribution is -2.36. The van der Waals surface area contributed by atoms with E-state index in [1.165, 1.54) is 12.1 Å². The van der Waals surface area contributed by atoms with E-state index in [-0.39, 0.29) is 5.82 Å². The Morgan fingerprint density at radius 2 is 1.73 bits per heavy atom. The number of ether oxygens (including phenoxy) is 1. The monoisotopic (exact) mass is 507 g/mol. The van der Waals surface area contributed by atoms with Crippen LogP contribution in [0.1, 0.15) is 22.9 Å². The van der Waals surface area contributed by atoms with Crippen LogP contribution in [0.5, 0.6) is 5.75 Å². The Hall–Kier alpha value is -4.27. The van der Waals surface area contributed by atoms with Gasteiger partial charge in [0.25, 0.3) is 0 Å². The number of hydrogen-bond donors (Lipinski definition) is 1. The predicted molar refractivity (Wildman–Crippen MR) is 145 cm³/mol. The summed E-state index contributed by atoms with van der Waals surface area (Å²) in [7, 11) is 1.61. The van der Waals surface area contributed by atoms with Gasteiger partial charge in [-0.15, -0.1) is 0 Å². The topological polar surface area (TPSA) is 76.6 Å². The molecule has 0 radical (unpaired) electrons. The molecule has 2 N–H and O–H groups in total. The molecule has 0 saturated carbocycles. The van der Waals surface area contributed by atoms with Crippen LogP contribution >= 0.6 is 11.8 Å². The van der Waals surface area contributed by atoms with Crippen molar-refractivity contribution in [3.05, 3.63) is 120 Å². The number of hydrogen-bond acceptors (Lipinski definition) is 7. The Balaban J connectivity index is 1.33. The van der Waals surface area contributed by atoms with Crippen molar-refractivity contribution in [1.29, 1.82) is 0 Å². The molecule has 2 aromatic heterocycles. The molecule has 1 unspecified atom stereocenters. The predicted octanol–water partition coefficient (Wildman–Crippen LogP) is 6.16. The van der Waals surface area contributed by atoms with Crippen molar-refractivity contribution in [2.24, 2.45) is 10.8 Å². The van der Waals surface area contributed by atoms with E-state index in [4.69, 9.17) is 15.6 Å². The SMILES string of the molecule is COc1cnc2c(Sc3ccc(N4N=C(c5ccc(F)cc5)c5ccccc5C4N)cc3)ccnc2c1. The summed E-state index contributed by atoms with van der Waals surface area (Å²) < 4.78 is 18.9. The molecule has 0 spiro atoms. The zero-order chi connectivity index (χ0) is 25.4. The molecule has 0 saturated heterocycles. The number of fused-ring (bicyclic) bond motifs is 2.